The fourth-order valence-electron chi connectivity index (χ4n) is 2.18. The number of aryl methyl sites for hydroxylation is 2. The molecule has 0 aliphatic heterocycles. The van der Waals surface area contributed by atoms with Gasteiger partial charge in [0.05, 0.1) is 6.04 Å². The lowest BCUT2D eigenvalue weighted by Gasteiger charge is -2.18. The van der Waals surface area contributed by atoms with Gasteiger partial charge in [0.2, 0.25) is 0 Å². The van der Waals surface area contributed by atoms with Crippen LogP contribution in [-0.4, -0.2) is 5.75 Å². The van der Waals surface area contributed by atoms with Crippen molar-refractivity contribution in [3.05, 3.63) is 65.0 Å². The van der Waals surface area contributed by atoms with E-state index in [1.54, 1.807) is 23.9 Å². The molecule has 0 aliphatic carbocycles. The molecule has 2 aromatic rings. The molecule has 0 aromatic heterocycles. The monoisotopic (exact) mass is 290 g/mol. The molecule has 0 saturated carbocycles. The number of rotatable bonds is 5. The average molecular weight is 290 g/mol. The predicted molar refractivity (Wildman–Crippen MR) is 83.1 cm³/mol. The van der Waals surface area contributed by atoms with E-state index in [0.29, 0.717) is 0 Å². The number of thioether (sulfide) groups is 1. The zero-order valence-corrected chi connectivity index (χ0v) is 12.5. The van der Waals surface area contributed by atoms with E-state index in [1.165, 1.54) is 22.8 Å². The van der Waals surface area contributed by atoms with Crippen molar-refractivity contribution < 1.29 is 4.39 Å². The van der Waals surface area contributed by atoms with E-state index >= 15 is 0 Å². The first-order chi connectivity index (χ1) is 9.60. The summed E-state index contributed by atoms with van der Waals surface area (Å²) < 4.78 is 13.2. The second-order valence-electron chi connectivity index (χ2n) is 4.85. The van der Waals surface area contributed by atoms with Crippen LogP contribution in [0.4, 0.5) is 4.39 Å². The van der Waals surface area contributed by atoms with E-state index in [9.17, 15) is 4.39 Å². The lowest BCUT2D eigenvalue weighted by Crippen LogP contribution is -2.30. The molecule has 106 valence electrons. The molecule has 3 N–H and O–H groups in total. The summed E-state index contributed by atoms with van der Waals surface area (Å²) in [6, 6.07) is 13.0. The molecule has 0 saturated heterocycles. The molecular weight excluding hydrogens is 271 g/mol. The van der Waals surface area contributed by atoms with Crippen LogP contribution in [-0.2, 0) is 0 Å². The van der Waals surface area contributed by atoms with Crippen molar-refractivity contribution in [2.75, 3.05) is 5.75 Å². The highest BCUT2D eigenvalue weighted by Crippen LogP contribution is 2.26. The molecule has 2 rings (SSSR count). The van der Waals surface area contributed by atoms with Gasteiger partial charge in [-0.05, 0) is 43.2 Å². The van der Waals surface area contributed by atoms with Gasteiger partial charge in [-0.15, -0.1) is 11.8 Å². The maximum absolute atomic E-state index is 13.2. The summed E-state index contributed by atoms with van der Waals surface area (Å²) in [7, 11) is 0. The van der Waals surface area contributed by atoms with Gasteiger partial charge in [-0.3, -0.25) is 11.3 Å². The van der Waals surface area contributed by atoms with Gasteiger partial charge in [-0.2, -0.15) is 0 Å². The molecule has 0 spiro atoms. The third-order valence-corrected chi connectivity index (χ3v) is 4.30. The third kappa shape index (κ3) is 3.82. The van der Waals surface area contributed by atoms with Gasteiger partial charge < -0.3 is 0 Å². The van der Waals surface area contributed by atoms with Crippen LogP contribution < -0.4 is 11.3 Å². The number of benzene rings is 2. The Morgan fingerprint density at radius 1 is 1.20 bits per heavy atom. The average Bonchev–Trinajstić information content (AvgIpc) is 2.41. The smallest absolute Gasteiger partial charge is 0.124 e. The van der Waals surface area contributed by atoms with E-state index < -0.39 is 0 Å². The van der Waals surface area contributed by atoms with Crippen molar-refractivity contribution in [3.63, 3.8) is 0 Å². The summed E-state index contributed by atoms with van der Waals surface area (Å²) in [5.41, 5.74) is 6.48. The normalized spacial score (nSPS) is 12.4. The van der Waals surface area contributed by atoms with E-state index in [0.717, 1.165) is 10.6 Å². The summed E-state index contributed by atoms with van der Waals surface area (Å²) >= 11 is 1.59. The number of hydrazine groups is 1. The second kappa shape index (κ2) is 6.88. The van der Waals surface area contributed by atoms with E-state index in [-0.39, 0.29) is 11.9 Å². The van der Waals surface area contributed by atoms with Crippen molar-refractivity contribution in [3.8, 4) is 0 Å². The molecule has 1 atom stereocenters. The molecule has 2 nitrogen and oxygen atoms in total. The van der Waals surface area contributed by atoms with Crippen molar-refractivity contribution in [2.24, 2.45) is 5.84 Å². The van der Waals surface area contributed by atoms with Gasteiger partial charge in [-0.25, -0.2) is 4.39 Å². The van der Waals surface area contributed by atoms with Crippen LogP contribution in [0.25, 0.3) is 0 Å². The van der Waals surface area contributed by atoms with Gasteiger partial charge in [0.1, 0.15) is 5.82 Å². The van der Waals surface area contributed by atoms with Gasteiger partial charge in [0, 0.05) is 10.6 Å². The lowest BCUT2D eigenvalue weighted by atomic mass is 10.0. The first-order valence-electron chi connectivity index (χ1n) is 6.52. The lowest BCUT2D eigenvalue weighted by molar-refractivity contribution is 0.607. The summed E-state index contributed by atoms with van der Waals surface area (Å²) in [6.07, 6.45) is 0. The van der Waals surface area contributed by atoms with Crippen LogP contribution in [0.5, 0.6) is 0 Å². The van der Waals surface area contributed by atoms with Gasteiger partial charge in [0.15, 0.2) is 0 Å². The van der Waals surface area contributed by atoms with Crippen LogP contribution in [0, 0.1) is 19.7 Å². The maximum atomic E-state index is 13.2. The molecule has 0 radical (unpaired) electrons. The van der Waals surface area contributed by atoms with Gasteiger partial charge >= 0.3 is 0 Å². The van der Waals surface area contributed by atoms with E-state index in [1.807, 2.05) is 6.07 Å². The quantitative estimate of drug-likeness (QED) is 0.500. The van der Waals surface area contributed by atoms with Gasteiger partial charge in [0.25, 0.3) is 0 Å². The Kier molecular flexibility index (Phi) is 5.17. The number of nitrogens with two attached hydrogens (primary N) is 1. The summed E-state index contributed by atoms with van der Waals surface area (Å²) in [6.45, 7) is 4.16. The summed E-state index contributed by atoms with van der Waals surface area (Å²) in [5.74, 6) is 6.21. The number of halogens is 1. The Bertz CT molecular complexity index is 586. The highest BCUT2D eigenvalue weighted by Gasteiger charge is 2.12. The molecule has 0 amide bonds. The molecule has 0 heterocycles. The molecule has 0 aliphatic rings. The fraction of sp³-hybridized carbons (Fsp3) is 0.250. The molecule has 1 unspecified atom stereocenters. The van der Waals surface area contributed by atoms with Crippen LogP contribution in [0.3, 0.4) is 0 Å². The first kappa shape index (κ1) is 15.0. The minimum atomic E-state index is -0.209. The van der Waals surface area contributed by atoms with Crippen LogP contribution >= 0.6 is 11.8 Å². The number of nitrogens with one attached hydrogen (secondary N) is 1. The molecule has 20 heavy (non-hydrogen) atoms. The Labute approximate surface area is 123 Å². The molecule has 0 bridgehead atoms. The largest absolute Gasteiger partial charge is 0.271 e. The predicted octanol–water partition coefficient (Wildman–Crippen LogP) is 3.74. The van der Waals surface area contributed by atoms with Crippen molar-refractivity contribution in [2.45, 2.75) is 24.8 Å². The standard InChI is InChI=1S/C16H19FN2S/c1-11-6-7-15(12(2)8-11)16(19-18)10-20-14-5-3-4-13(17)9-14/h3-9,16,19H,10,18H2,1-2H3. The van der Waals surface area contributed by atoms with Crippen LogP contribution in [0.2, 0.25) is 0 Å². The number of hydrogen-bond donors (Lipinski definition) is 2. The first-order valence-corrected chi connectivity index (χ1v) is 7.50. The minimum absolute atomic E-state index is 0.0452. The number of hydrogen-bond acceptors (Lipinski definition) is 3. The van der Waals surface area contributed by atoms with E-state index in [2.05, 4.69) is 37.5 Å². The summed E-state index contributed by atoms with van der Waals surface area (Å²) in [5, 5.41) is 0. The highest BCUT2D eigenvalue weighted by atomic mass is 32.2. The van der Waals surface area contributed by atoms with Crippen LogP contribution in [0.1, 0.15) is 22.7 Å². The molecule has 2 aromatic carbocycles. The van der Waals surface area contributed by atoms with Crippen molar-refractivity contribution in [1.29, 1.82) is 0 Å². The van der Waals surface area contributed by atoms with E-state index in [4.69, 9.17) is 5.84 Å². The van der Waals surface area contributed by atoms with Crippen molar-refractivity contribution in [1.82, 2.24) is 5.43 Å². The van der Waals surface area contributed by atoms with Crippen molar-refractivity contribution >= 4 is 11.8 Å². The Morgan fingerprint density at radius 3 is 2.65 bits per heavy atom. The third-order valence-electron chi connectivity index (χ3n) is 3.21. The minimum Gasteiger partial charge on any atom is -0.271 e. The maximum Gasteiger partial charge on any atom is 0.124 e. The van der Waals surface area contributed by atoms with Gasteiger partial charge in [-0.1, -0.05) is 29.8 Å². The topological polar surface area (TPSA) is 38.0 Å². The Morgan fingerprint density at radius 2 is 2.00 bits per heavy atom. The fourth-order valence-corrected chi connectivity index (χ4v) is 3.19. The SMILES string of the molecule is Cc1ccc(C(CSc2cccc(F)c2)NN)c(C)c1. The molecule has 4 heteroatoms. The zero-order valence-electron chi connectivity index (χ0n) is 11.7. The highest BCUT2D eigenvalue weighted by molar-refractivity contribution is 7.99. The molecule has 0 fully saturated rings. The van der Waals surface area contributed by atoms with Crippen LogP contribution in [0.15, 0.2) is 47.4 Å². The Hall–Kier alpha value is -1.36. The Balaban J connectivity index is 2.09. The zero-order chi connectivity index (χ0) is 14.5. The summed E-state index contributed by atoms with van der Waals surface area (Å²) in [4.78, 5) is 0.912. The molecular formula is C16H19FN2S. The second-order valence-corrected chi connectivity index (χ2v) is 5.94.